The number of aromatic nitrogens is 2. The molecule has 2 unspecified atom stereocenters. The lowest BCUT2D eigenvalue weighted by Gasteiger charge is -2.28. The normalized spacial score (nSPS) is 20.2. The molecule has 1 aromatic heterocycles. The maximum absolute atomic E-state index is 13.8. The number of nitrogens with zero attached hydrogens (tertiary/aromatic N) is 3. The average molecular weight is 589 g/mol. The fraction of sp³-hybridized carbons (Fsp3) is 0.414. The molecule has 1 aliphatic carbocycles. The van der Waals surface area contributed by atoms with Gasteiger partial charge in [0.15, 0.2) is 0 Å². The van der Waals surface area contributed by atoms with E-state index in [1.54, 1.807) is 44.0 Å². The fourth-order valence-electron chi connectivity index (χ4n) is 5.48. The molecule has 1 fully saturated rings. The van der Waals surface area contributed by atoms with E-state index in [1.165, 1.54) is 26.0 Å². The van der Waals surface area contributed by atoms with Crippen molar-refractivity contribution in [1.82, 2.24) is 19.4 Å². The highest BCUT2D eigenvalue weighted by Crippen LogP contribution is 2.44. The number of likely N-dealkylation sites (tertiary alicyclic amines) is 1. The minimum atomic E-state index is -4.66. The molecule has 2 aliphatic rings. The molecule has 224 valence electrons. The van der Waals surface area contributed by atoms with Crippen LogP contribution >= 0.6 is 0 Å². The van der Waals surface area contributed by atoms with E-state index >= 15 is 0 Å². The summed E-state index contributed by atoms with van der Waals surface area (Å²) in [4.78, 5) is 66.8. The van der Waals surface area contributed by atoms with Gasteiger partial charge < -0.3 is 15.0 Å². The Kier molecular flexibility index (Phi) is 7.83. The number of carbonyl (C=O) groups excluding carboxylic acids is 3. The minimum absolute atomic E-state index is 0.0495. The standard InChI is InChI=1S/C29H31F3N4O6/c1-15-17(8-7-9-20(15)29(30,31)32)13-36-24(38)19(23(37)33-16(2)25(39)42-6)14-35(27(36)41)18-10-11-22-21(12-18)28(3,4)26(40)34(22)5/h7-12,14,16,21-22H,13H2,1-6H3,(H,33,37)/t16-,21?,22?/m0/s1. The molecule has 2 amide bonds. The number of nitrogens with one attached hydrogen (secondary N) is 1. The van der Waals surface area contributed by atoms with Crippen LogP contribution in [0, 0.1) is 18.3 Å². The Morgan fingerprint density at radius 2 is 1.83 bits per heavy atom. The van der Waals surface area contributed by atoms with Gasteiger partial charge >= 0.3 is 17.8 Å². The van der Waals surface area contributed by atoms with Gasteiger partial charge in [0.1, 0.15) is 11.6 Å². The number of ether oxygens (including phenoxy) is 1. The first-order chi connectivity index (χ1) is 19.5. The zero-order valence-corrected chi connectivity index (χ0v) is 23.9. The largest absolute Gasteiger partial charge is 0.467 e. The van der Waals surface area contributed by atoms with Crippen molar-refractivity contribution in [3.8, 4) is 0 Å². The Labute approximate surface area is 239 Å². The van der Waals surface area contributed by atoms with E-state index in [2.05, 4.69) is 10.1 Å². The molecular formula is C29H31F3N4O6. The second-order valence-corrected chi connectivity index (χ2v) is 11.0. The molecule has 10 nitrogen and oxygen atoms in total. The van der Waals surface area contributed by atoms with Crippen molar-refractivity contribution in [2.24, 2.45) is 11.3 Å². The lowest BCUT2D eigenvalue weighted by atomic mass is 9.76. The number of carbonyl (C=O) groups is 3. The second-order valence-electron chi connectivity index (χ2n) is 11.0. The molecular weight excluding hydrogens is 557 g/mol. The maximum Gasteiger partial charge on any atom is 0.416 e. The van der Waals surface area contributed by atoms with Crippen LogP contribution in [0.2, 0.25) is 0 Å². The first-order valence-corrected chi connectivity index (χ1v) is 13.1. The molecule has 0 bridgehead atoms. The van der Waals surface area contributed by atoms with Gasteiger partial charge in [-0.05, 0) is 37.1 Å². The number of hydrogen-bond acceptors (Lipinski definition) is 6. The van der Waals surface area contributed by atoms with Crippen molar-refractivity contribution in [1.29, 1.82) is 0 Å². The van der Waals surface area contributed by atoms with Gasteiger partial charge in [0.2, 0.25) is 5.91 Å². The SMILES string of the molecule is COC(=O)[C@H](C)NC(=O)c1cn(C2=CC3C(C=C2)N(C)C(=O)C3(C)C)c(=O)n(Cc2cccc(C(F)(F)F)c2C)c1=O. The van der Waals surface area contributed by atoms with Crippen molar-refractivity contribution >= 4 is 23.5 Å². The van der Waals surface area contributed by atoms with Crippen LogP contribution in [-0.2, 0) is 27.0 Å². The summed E-state index contributed by atoms with van der Waals surface area (Å²) in [5.74, 6) is -2.23. The highest BCUT2D eigenvalue weighted by molar-refractivity contribution is 5.96. The van der Waals surface area contributed by atoms with Crippen molar-refractivity contribution in [2.75, 3.05) is 14.2 Å². The van der Waals surface area contributed by atoms with Crippen LogP contribution in [0.5, 0.6) is 0 Å². The van der Waals surface area contributed by atoms with Gasteiger partial charge in [0.05, 0.1) is 30.7 Å². The third-order valence-corrected chi connectivity index (χ3v) is 8.01. The Morgan fingerprint density at radius 1 is 1.17 bits per heavy atom. The van der Waals surface area contributed by atoms with Gasteiger partial charge in [0, 0.05) is 24.9 Å². The van der Waals surface area contributed by atoms with E-state index in [0.29, 0.717) is 4.57 Å². The number of fused-ring (bicyclic) bond motifs is 1. The first-order valence-electron chi connectivity index (χ1n) is 13.1. The van der Waals surface area contributed by atoms with E-state index in [1.807, 2.05) is 0 Å². The lowest BCUT2D eigenvalue weighted by Crippen LogP contribution is -2.47. The fourth-order valence-corrected chi connectivity index (χ4v) is 5.48. The predicted molar refractivity (Wildman–Crippen MR) is 146 cm³/mol. The third kappa shape index (κ3) is 5.19. The van der Waals surface area contributed by atoms with E-state index in [-0.39, 0.29) is 34.7 Å². The van der Waals surface area contributed by atoms with Crippen LogP contribution in [-0.4, -0.2) is 58.1 Å². The molecule has 1 aromatic carbocycles. The van der Waals surface area contributed by atoms with Gasteiger partial charge in [-0.2, -0.15) is 13.2 Å². The van der Waals surface area contributed by atoms with E-state index < -0.39 is 58.4 Å². The number of benzene rings is 1. The first kappa shape index (κ1) is 30.5. The Morgan fingerprint density at radius 3 is 2.45 bits per heavy atom. The maximum atomic E-state index is 13.8. The predicted octanol–water partition coefficient (Wildman–Crippen LogP) is 2.57. The number of allylic oxidation sites excluding steroid dienone is 2. The smallest absolute Gasteiger partial charge is 0.416 e. The molecule has 1 saturated heterocycles. The summed E-state index contributed by atoms with van der Waals surface area (Å²) in [5, 5.41) is 2.35. The van der Waals surface area contributed by atoms with Crippen molar-refractivity contribution < 1.29 is 32.3 Å². The molecule has 1 aliphatic heterocycles. The molecule has 4 rings (SSSR count). The number of likely N-dealkylation sites (N-methyl/N-ethyl adjacent to an activating group) is 1. The minimum Gasteiger partial charge on any atom is -0.467 e. The summed E-state index contributed by atoms with van der Waals surface area (Å²) >= 11 is 0. The van der Waals surface area contributed by atoms with Crippen molar-refractivity contribution in [3.05, 3.63) is 85.7 Å². The molecule has 2 heterocycles. The summed E-state index contributed by atoms with van der Waals surface area (Å²) in [6, 6.07) is 2.00. The molecule has 0 saturated carbocycles. The number of esters is 1. The Balaban J connectivity index is 1.90. The Hall–Kier alpha value is -4.42. The van der Waals surface area contributed by atoms with Gasteiger partial charge in [-0.3, -0.25) is 23.5 Å². The lowest BCUT2D eigenvalue weighted by molar-refractivity contribution is -0.142. The average Bonchev–Trinajstić information content (AvgIpc) is 3.10. The number of methoxy groups -OCH3 is 1. The molecule has 2 aromatic rings. The monoisotopic (exact) mass is 588 g/mol. The van der Waals surface area contributed by atoms with Crippen LogP contribution in [0.3, 0.4) is 0 Å². The zero-order valence-electron chi connectivity index (χ0n) is 23.9. The number of halogens is 3. The molecule has 3 atom stereocenters. The second kappa shape index (κ2) is 10.8. The summed E-state index contributed by atoms with van der Waals surface area (Å²) in [7, 11) is 2.80. The highest BCUT2D eigenvalue weighted by atomic mass is 19.4. The number of rotatable bonds is 6. The Bertz CT molecular complexity index is 1650. The molecule has 42 heavy (non-hydrogen) atoms. The summed E-state index contributed by atoms with van der Waals surface area (Å²) < 4.78 is 47.1. The van der Waals surface area contributed by atoms with Crippen LogP contribution in [0.25, 0.3) is 5.70 Å². The molecule has 0 spiro atoms. The number of hydrogen-bond donors (Lipinski definition) is 1. The molecule has 0 radical (unpaired) electrons. The van der Waals surface area contributed by atoms with Crippen molar-refractivity contribution in [3.63, 3.8) is 0 Å². The molecule has 13 heteroatoms. The summed E-state index contributed by atoms with van der Waals surface area (Å²) in [6.45, 7) is 5.57. The highest BCUT2D eigenvalue weighted by Gasteiger charge is 2.51. The zero-order chi connectivity index (χ0) is 31.3. The topological polar surface area (TPSA) is 120 Å². The van der Waals surface area contributed by atoms with Gasteiger partial charge in [-0.15, -0.1) is 0 Å². The summed E-state index contributed by atoms with van der Waals surface area (Å²) in [5.41, 5.74) is -4.09. The van der Waals surface area contributed by atoms with E-state index in [9.17, 15) is 37.1 Å². The van der Waals surface area contributed by atoms with Gasteiger partial charge in [-0.1, -0.05) is 38.1 Å². The van der Waals surface area contributed by atoms with Crippen LogP contribution in [0.1, 0.15) is 47.8 Å². The molecule has 1 N–H and O–H groups in total. The van der Waals surface area contributed by atoms with Crippen molar-refractivity contribution in [2.45, 2.75) is 52.5 Å². The van der Waals surface area contributed by atoms with Gasteiger partial charge in [-0.25, -0.2) is 9.59 Å². The van der Waals surface area contributed by atoms with Crippen LogP contribution in [0.15, 0.2) is 52.2 Å². The number of amides is 2. The number of alkyl halides is 3. The van der Waals surface area contributed by atoms with E-state index in [0.717, 1.165) is 23.9 Å². The van der Waals surface area contributed by atoms with Crippen LogP contribution < -0.4 is 16.6 Å². The third-order valence-electron chi connectivity index (χ3n) is 8.01. The van der Waals surface area contributed by atoms with Crippen LogP contribution in [0.4, 0.5) is 13.2 Å². The van der Waals surface area contributed by atoms with Gasteiger partial charge in [0.25, 0.3) is 11.5 Å². The summed E-state index contributed by atoms with van der Waals surface area (Å²) in [6.07, 6.45) is 1.39. The quantitative estimate of drug-likeness (QED) is 0.519. The van der Waals surface area contributed by atoms with E-state index in [4.69, 9.17) is 0 Å².